The van der Waals surface area contributed by atoms with Crippen LogP contribution in [0.5, 0.6) is 5.75 Å². The van der Waals surface area contributed by atoms with E-state index in [1.165, 1.54) is 7.05 Å². The van der Waals surface area contributed by atoms with Gasteiger partial charge >= 0.3 is 6.03 Å². The second-order valence-electron chi connectivity index (χ2n) is 2.74. The Morgan fingerprint density at radius 2 is 2.00 bits per heavy atom. The highest BCUT2D eigenvalue weighted by atomic mass is 35.5. The van der Waals surface area contributed by atoms with E-state index in [0.717, 1.165) is 5.54 Å². The Morgan fingerprint density at radius 1 is 1.38 bits per heavy atom. The molecule has 1 aromatic carbocycles. The number of hydrogen-bond donors (Lipinski definition) is 2. The molecule has 0 saturated carbocycles. The molecule has 0 unspecified atom stereocenters. The van der Waals surface area contributed by atoms with Crippen LogP contribution in [0, 0.1) is 0 Å². The van der Waals surface area contributed by atoms with Crippen LogP contribution in [0.1, 0.15) is 0 Å². The van der Waals surface area contributed by atoms with Crippen molar-refractivity contribution >= 4 is 34.9 Å². The molecule has 16 heavy (non-hydrogen) atoms. The van der Waals surface area contributed by atoms with Crippen LogP contribution >= 0.6 is 23.2 Å². The molecule has 4 nitrogen and oxygen atoms in total. The standard InChI is InChI=1S/C10H10Cl2N2O2/c1-13-10(15)14-7-2-4-8(5-3-7)16-9(12)6-11/h2-6H,1H3,(H2,13,14,15). The number of halogens is 2. The fourth-order valence-electron chi connectivity index (χ4n) is 0.935. The van der Waals surface area contributed by atoms with Crippen LogP contribution in [0.25, 0.3) is 0 Å². The third-order valence-electron chi connectivity index (χ3n) is 1.64. The van der Waals surface area contributed by atoms with Crippen LogP contribution in [-0.2, 0) is 0 Å². The van der Waals surface area contributed by atoms with Gasteiger partial charge in [0.25, 0.3) is 0 Å². The van der Waals surface area contributed by atoms with E-state index in [1.807, 2.05) is 0 Å². The van der Waals surface area contributed by atoms with E-state index in [-0.39, 0.29) is 11.2 Å². The zero-order chi connectivity index (χ0) is 12.0. The van der Waals surface area contributed by atoms with E-state index < -0.39 is 0 Å². The summed E-state index contributed by atoms with van der Waals surface area (Å²) in [4.78, 5) is 11.0. The van der Waals surface area contributed by atoms with Crippen molar-refractivity contribution in [1.29, 1.82) is 0 Å². The van der Waals surface area contributed by atoms with Crippen molar-refractivity contribution < 1.29 is 9.53 Å². The average Bonchev–Trinajstić information content (AvgIpc) is 2.31. The fourth-order valence-corrected chi connectivity index (χ4v) is 1.07. The predicted octanol–water partition coefficient (Wildman–Crippen LogP) is 3.09. The molecule has 0 aliphatic rings. The van der Waals surface area contributed by atoms with Gasteiger partial charge in [-0.2, -0.15) is 0 Å². The Morgan fingerprint density at radius 3 is 2.50 bits per heavy atom. The zero-order valence-corrected chi connectivity index (χ0v) is 9.97. The second kappa shape index (κ2) is 6.25. The molecule has 2 amide bonds. The lowest BCUT2D eigenvalue weighted by Gasteiger charge is -2.06. The van der Waals surface area contributed by atoms with Gasteiger partial charge in [0.1, 0.15) is 5.75 Å². The molecule has 0 radical (unpaired) electrons. The van der Waals surface area contributed by atoms with Gasteiger partial charge < -0.3 is 15.4 Å². The van der Waals surface area contributed by atoms with Crippen LogP contribution in [-0.4, -0.2) is 13.1 Å². The van der Waals surface area contributed by atoms with E-state index in [0.29, 0.717) is 11.4 Å². The Balaban J connectivity index is 2.64. The molecule has 0 aromatic heterocycles. The fraction of sp³-hybridized carbons (Fsp3) is 0.100. The van der Waals surface area contributed by atoms with Crippen LogP contribution in [0.2, 0.25) is 0 Å². The monoisotopic (exact) mass is 260 g/mol. The minimum Gasteiger partial charge on any atom is -0.444 e. The first kappa shape index (κ1) is 12.7. The van der Waals surface area contributed by atoms with Gasteiger partial charge in [0.05, 0.1) is 5.54 Å². The van der Waals surface area contributed by atoms with E-state index in [1.54, 1.807) is 24.3 Å². The molecular formula is C10H10Cl2N2O2. The van der Waals surface area contributed by atoms with E-state index >= 15 is 0 Å². The number of anilines is 1. The first-order chi connectivity index (χ1) is 7.65. The summed E-state index contributed by atoms with van der Waals surface area (Å²) in [6.07, 6.45) is 0. The van der Waals surface area contributed by atoms with E-state index in [2.05, 4.69) is 10.6 Å². The molecule has 1 rings (SSSR count). The van der Waals surface area contributed by atoms with Crippen molar-refractivity contribution in [2.75, 3.05) is 12.4 Å². The molecule has 0 aliphatic carbocycles. The quantitative estimate of drug-likeness (QED) is 0.821. The van der Waals surface area contributed by atoms with Crippen molar-refractivity contribution in [2.24, 2.45) is 0 Å². The first-order valence-electron chi connectivity index (χ1n) is 4.38. The lowest BCUT2D eigenvalue weighted by molar-refractivity contribution is 0.254. The Labute approximate surface area is 103 Å². The number of ether oxygens (including phenoxy) is 1. The largest absolute Gasteiger partial charge is 0.444 e. The first-order valence-corrected chi connectivity index (χ1v) is 5.19. The lowest BCUT2D eigenvalue weighted by atomic mass is 10.3. The summed E-state index contributed by atoms with van der Waals surface area (Å²) in [6, 6.07) is 6.40. The number of hydrogen-bond acceptors (Lipinski definition) is 2. The third kappa shape index (κ3) is 4.00. The molecule has 0 fully saturated rings. The van der Waals surface area contributed by atoms with Crippen LogP contribution in [0.15, 0.2) is 35.0 Å². The molecule has 0 spiro atoms. The van der Waals surface area contributed by atoms with Gasteiger partial charge in [-0.3, -0.25) is 0 Å². The maximum atomic E-state index is 11.0. The van der Waals surface area contributed by atoms with Gasteiger partial charge in [0.2, 0.25) is 5.22 Å². The maximum Gasteiger partial charge on any atom is 0.318 e. The Hall–Kier alpha value is -1.39. The summed E-state index contributed by atoms with van der Waals surface area (Å²) in [6.45, 7) is 0. The minimum atomic E-state index is -0.285. The summed E-state index contributed by atoms with van der Waals surface area (Å²) < 4.78 is 5.12. The SMILES string of the molecule is CNC(=O)Nc1ccc(OC(Cl)=CCl)cc1. The highest BCUT2D eigenvalue weighted by Crippen LogP contribution is 2.19. The van der Waals surface area contributed by atoms with Crippen LogP contribution in [0.3, 0.4) is 0 Å². The van der Waals surface area contributed by atoms with Crippen molar-refractivity contribution in [3.05, 3.63) is 35.0 Å². The summed E-state index contributed by atoms with van der Waals surface area (Å²) in [5.41, 5.74) is 1.77. The number of benzene rings is 1. The van der Waals surface area contributed by atoms with E-state index in [4.69, 9.17) is 27.9 Å². The summed E-state index contributed by atoms with van der Waals surface area (Å²) in [5, 5.41) is 5.12. The van der Waals surface area contributed by atoms with Gasteiger partial charge in [0, 0.05) is 12.7 Å². The number of amides is 2. The topological polar surface area (TPSA) is 50.4 Å². The third-order valence-corrected chi connectivity index (χ3v) is 2.14. The van der Waals surface area contributed by atoms with Crippen molar-refractivity contribution in [3.8, 4) is 5.75 Å². The van der Waals surface area contributed by atoms with Gasteiger partial charge in [-0.1, -0.05) is 11.6 Å². The number of urea groups is 1. The van der Waals surface area contributed by atoms with Crippen molar-refractivity contribution in [2.45, 2.75) is 0 Å². The molecule has 2 N–H and O–H groups in total. The Kier molecular flexibility index (Phi) is 4.95. The molecule has 0 atom stereocenters. The smallest absolute Gasteiger partial charge is 0.318 e. The van der Waals surface area contributed by atoms with Gasteiger partial charge in [-0.05, 0) is 35.9 Å². The minimum absolute atomic E-state index is 0.0775. The lowest BCUT2D eigenvalue weighted by Crippen LogP contribution is -2.24. The molecule has 0 bridgehead atoms. The molecule has 1 aromatic rings. The molecule has 86 valence electrons. The average molecular weight is 261 g/mol. The van der Waals surface area contributed by atoms with Gasteiger partial charge in [-0.15, -0.1) is 0 Å². The summed E-state index contributed by atoms with van der Waals surface area (Å²) >= 11 is 10.9. The number of carbonyl (C=O) groups excluding carboxylic acids is 1. The van der Waals surface area contributed by atoms with Crippen LogP contribution in [0.4, 0.5) is 10.5 Å². The van der Waals surface area contributed by atoms with Crippen molar-refractivity contribution in [3.63, 3.8) is 0 Å². The zero-order valence-electron chi connectivity index (χ0n) is 8.46. The second-order valence-corrected chi connectivity index (χ2v) is 3.33. The predicted molar refractivity (Wildman–Crippen MR) is 64.9 cm³/mol. The number of rotatable bonds is 3. The van der Waals surface area contributed by atoms with E-state index in [9.17, 15) is 4.79 Å². The molecule has 0 heterocycles. The van der Waals surface area contributed by atoms with Crippen LogP contribution < -0.4 is 15.4 Å². The highest BCUT2D eigenvalue weighted by Gasteiger charge is 2.00. The molecule has 0 aliphatic heterocycles. The van der Waals surface area contributed by atoms with Crippen molar-refractivity contribution in [1.82, 2.24) is 5.32 Å². The Bertz CT molecular complexity index is 390. The normalized spacial score (nSPS) is 10.8. The van der Waals surface area contributed by atoms with Gasteiger partial charge in [-0.25, -0.2) is 4.79 Å². The van der Waals surface area contributed by atoms with Gasteiger partial charge in [0.15, 0.2) is 0 Å². The maximum absolute atomic E-state index is 11.0. The molecule has 0 saturated heterocycles. The number of nitrogens with one attached hydrogen (secondary N) is 2. The summed E-state index contributed by atoms with van der Waals surface area (Å²) in [7, 11) is 1.54. The number of carbonyl (C=O) groups is 1. The highest BCUT2D eigenvalue weighted by molar-refractivity contribution is 6.35. The molecular weight excluding hydrogens is 251 g/mol. The molecule has 6 heteroatoms. The summed E-state index contributed by atoms with van der Waals surface area (Å²) in [5.74, 6) is 0.532.